The topological polar surface area (TPSA) is 96.0 Å². The summed E-state index contributed by atoms with van der Waals surface area (Å²) in [4.78, 5) is 25.7. The zero-order chi connectivity index (χ0) is 22.3. The Balaban J connectivity index is 1.85. The highest BCUT2D eigenvalue weighted by molar-refractivity contribution is 7.89. The molecular weight excluding hydrogens is 406 g/mol. The summed E-state index contributed by atoms with van der Waals surface area (Å²) in [5.41, 5.74) is 1.11. The first-order chi connectivity index (χ1) is 14.1. The number of hydrogen-bond donors (Lipinski definition) is 1. The second-order valence-electron chi connectivity index (χ2n) is 6.93. The van der Waals surface area contributed by atoms with Crippen LogP contribution in [-0.4, -0.2) is 64.2 Å². The van der Waals surface area contributed by atoms with Crippen molar-refractivity contribution in [1.29, 1.82) is 0 Å². The van der Waals surface area contributed by atoms with Gasteiger partial charge in [-0.2, -0.15) is 0 Å². The molecular formula is C21H27N3O5S. The maximum Gasteiger partial charge on any atom is 0.253 e. The Hall–Kier alpha value is -2.91. The first-order valence-corrected chi connectivity index (χ1v) is 10.8. The molecule has 1 N–H and O–H groups in total. The fourth-order valence-electron chi connectivity index (χ4n) is 2.69. The minimum atomic E-state index is -3.63. The quantitative estimate of drug-likeness (QED) is 0.655. The number of hydrogen-bond acceptors (Lipinski definition) is 5. The molecule has 2 aromatic rings. The monoisotopic (exact) mass is 433 g/mol. The first kappa shape index (κ1) is 23.4. The van der Waals surface area contributed by atoms with Gasteiger partial charge in [0.1, 0.15) is 5.75 Å². The van der Waals surface area contributed by atoms with Crippen LogP contribution in [0, 0.1) is 0 Å². The van der Waals surface area contributed by atoms with E-state index >= 15 is 0 Å². The molecule has 8 nitrogen and oxygen atoms in total. The summed E-state index contributed by atoms with van der Waals surface area (Å²) in [5.74, 6) is 0.235. The summed E-state index contributed by atoms with van der Waals surface area (Å²) in [5, 5.41) is 2.75. The van der Waals surface area contributed by atoms with Crippen LogP contribution >= 0.6 is 0 Å². The lowest BCUT2D eigenvalue weighted by atomic mass is 10.2. The highest BCUT2D eigenvalue weighted by Crippen LogP contribution is 2.19. The standard InChI is InChI=1S/C21H27N3O5S/c1-23(2)21(26)16-7-9-17(10-8-16)22-20(25)6-5-15-24(3)30(27,28)19-13-11-18(29-4)12-14-19/h7-14H,5-6,15H2,1-4H3,(H,22,25). The van der Waals surface area contributed by atoms with Crippen molar-refractivity contribution in [2.24, 2.45) is 0 Å². The number of methoxy groups -OCH3 is 1. The SMILES string of the molecule is COc1ccc(S(=O)(=O)N(C)CCCC(=O)Nc2ccc(C(=O)N(C)C)cc2)cc1. The number of nitrogens with one attached hydrogen (secondary N) is 1. The van der Waals surface area contributed by atoms with E-state index in [1.54, 1.807) is 50.5 Å². The van der Waals surface area contributed by atoms with Crippen molar-refractivity contribution in [1.82, 2.24) is 9.21 Å². The van der Waals surface area contributed by atoms with Gasteiger partial charge in [0, 0.05) is 45.4 Å². The van der Waals surface area contributed by atoms with E-state index in [4.69, 9.17) is 4.74 Å². The summed E-state index contributed by atoms with van der Waals surface area (Å²) in [6, 6.07) is 12.8. The molecule has 0 atom stereocenters. The number of carbonyl (C=O) groups excluding carboxylic acids is 2. The number of anilines is 1. The molecule has 0 unspecified atom stereocenters. The molecule has 0 aliphatic carbocycles. The van der Waals surface area contributed by atoms with E-state index in [0.29, 0.717) is 23.4 Å². The molecule has 30 heavy (non-hydrogen) atoms. The highest BCUT2D eigenvalue weighted by atomic mass is 32.2. The molecule has 2 aromatic carbocycles. The van der Waals surface area contributed by atoms with E-state index in [0.717, 1.165) is 0 Å². The number of ether oxygens (including phenoxy) is 1. The Bertz CT molecular complexity index is 971. The number of amides is 2. The molecule has 0 saturated heterocycles. The van der Waals surface area contributed by atoms with E-state index in [9.17, 15) is 18.0 Å². The molecule has 0 aliphatic heterocycles. The molecule has 0 aromatic heterocycles. The van der Waals surface area contributed by atoms with Crippen LogP contribution in [-0.2, 0) is 14.8 Å². The third kappa shape index (κ3) is 6.04. The summed E-state index contributed by atoms with van der Waals surface area (Å²) in [6.45, 7) is 0.206. The molecule has 2 rings (SSSR count). The molecule has 0 aliphatic rings. The molecule has 0 saturated carbocycles. The molecule has 0 heterocycles. The zero-order valence-electron chi connectivity index (χ0n) is 17.6. The minimum absolute atomic E-state index is 0.117. The van der Waals surface area contributed by atoms with Gasteiger partial charge in [0.15, 0.2) is 0 Å². The van der Waals surface area contributed by atoms with Crippen LogP contribution in [0.5, 0.6) is 5.75 Å². The Kier molecular flexibility index (Phi) is 7.96. The zero-order valence-corrected chi connectivity index (χ0v) is 18.4. The molecule has 162 valence electrons. The summed E-state index contributed by atoms with van der Waals surface area (Å²) >= 11 is 0. The largest absolute Gasteiger partial charge is 0.497 e. The van der Waals surface area contributed by atoms with Gasteiger partial charge in [-0.15, -0.1) is 0 Å². The van der Waals surface area contributed by atoms with Gasteiger partial charge in [-0.25, -0.2) is 12.7 Å². The van der Waals surface area contributed by atoms with Gasteiger partial charge in [-0.05, 0) is 55.0 Å². The lowest BCUT2D eigenvalue weighted by molar-refractivity contribution is -0.116. The Morgan fingerprint density at radius 3 is 2.10 bits per heavy atom. The van der Waals surface area contributed by atoms with Crippen LogP contribution in [0.25, 0.3) is 0 Å². The summed E-state index contributed by atoms with van der Waals surface area (Å²) in [6.07, 6.45) is 0.537. The Morgan fingerprint density at radius 1 is 0.967 bits per heavy atom. The highest BCUT2D eigenvalue weighted by Gasteiger charge is 2.20. The van der Waals surface area contributed by atoms with Crippen molar-refractivity contribution in [3.63, 3.8) is 0 Å². The molecule has 0 radical (unpaired) electrons. The lowest BCUT2D eigenvalue weighted by Gasteiger charge is -2.17. The fraction of sp³-hybridized carbons (Fsp3) is 0.333. The van der Waals surface area contributed by atoms with Gasteiger partial charge >= 0.3 is 0 Å². The molecule has 2 amide bonds. The van der Waals surface area contributed by atoms with Crippen LogP contribution in [0.1, 0.15) is 23.2 Å². The number of sulfonamides is 1. The second-order valence-corrected chi connectivity index (χ2v) is 8.98. The maximum absolute atomic E-state index is 12.6. The molecule has 0 fully saturated rings. The third-order valence-electron chi connectivity index (χ3n) is 4.47. The van der Waals surface area contributed by atoms with Crippen molar-refractivity contribution in [3.05, 3.63) is 54.1 Å². The van der Waals surface area contributed by atoms with Gasteiger partial charge in [0.25, 0.3) is 5.91 Å². The molecule has 9 heteroatoms. The van der Waals surface area contributed by atoms with Crippen LogP contribution in [0.4, 0.5) is 5.69 Å². The average molecular weight is 434 g/mol. The van der Waals surface area contributed by atoms with Gasteiger partial charge in [0.2, 0.25) is 15.9 Å². The van der Waals surface area contributed by atoms with Gasteiger partial charge in [0.05, 0.1) is 12.0 Å². The first-order valence-electron chi connectivity index (χ1n) is 9.37. The molecule has 0 spiro atoms. The van der Waals surface area contributed by atoms with Crippen molar-refractivity contribution in [3.8, 4) is 5.75 Å². The van der Waals surface area contributed by atoms with Crippen molar-refractivity contribution in [2.45, 2.75) is 17.7 Å². The molecule has 0 bridgehead atoms. The van der Waals surface area contributed by atoms with Crippen molar-refractivity contribution >= 4 is 27.5 Å². The number of carbonyl (C=O) groups is 2. The van der Waals surface area contributed by atoms with Gasteiger partial charge in [-0.3, -0.25) is 9.59 Å². The Morgan fingerprint density at radius 2 is 1.57 bits per heavy atom. The summed E-state index contributed by atoms with van der Waals surface area (Å²) < 4.78 is 31.4. The van der Waals surface area contributed by atoms with Gasteiger partial charge in [-0.1, -0.05) is 0 Å². The van der Waals surface area contributed by atoms with Crippen LogP contribution in [0.2, 0.25) is 0 Å². The predicted octanol–water partition coefficient (Wildman–Crippen LogP) is 2.44. The normalized spacial score (nSPS) is 11.2. The average Bonchev–Trinajstić information content (AvgIpc) is 2.73. The maximum atomic E-state index is 12.6. The van der Waals surface area contributed by atoms with Gasteiger partial charge < -0.3 is 15.0 Å². The Labute approximate surface area is 177 Å². The van der Waals surface area contributed by atoms with Crippen LogP contribution in [0.3, 0.4) is 0 Å². The van der Waals surface area contributed by atoms with Crippen LogP contribution in [0.15, 0.2) is 53.4 Å². The van der Waals surface area contributed by atoms with E-state index in [-0.39, 0.29) is 29.7 Å². The number of benzene rings is 2. The lowest BCUT2D eigenvalue weighted by Crippen LogP contribution is -2.28. The van der Waals surface area contributed by atoms with Crippen molar-refractivity contribution < 1.29 is 22.7 Å². The van der Waals surface area contributed by atoms with Crippen LogP contribution < -0.4 is 10.1 Å². The summed E-state index contributed by atoms with van der Waals surface area (Å²) in [7, 11) is 2.71. The number of rotatable bonds is 9. The van der Waals surface area contributed by atoms with E-state index < -0.39 is 10.0 Å². The minimum Gasteiger partial charge on any atom is -0.497 e. The van der Waals surface area contributed by atoms with Crippen molar-refractivity contribution in [2.75, 3.05) is 40.1 Å². The number of nitrogens with zero attached hydrogens (tertiary/aromatic N) is 2. The fourth-order valence-corrected chi connectivity index (χ4v) is 3.90. The predicted molar refractivity (Wildman–Crippen MR) is 115 cm³/mol. The second kappa shape index (κ2) is 10.2. The van der Waals surface area contributed by atoms with E-state index in [1.807, 2.05) is 0 Å². The third-order valence-corrected chi connectivity index (χ3v) is 6.34. The van der Waals surface area contributed by atoms with E-state index in [1.165, 1.54) is 35.5 Å². The van der Waals surface area contributed by atoms with E-state index in [2.05, 4.69) is 5.32 Å². The smallest absolute Gasteiger partial charge is 0.253 e.